The van der Waals surface area contributed by atoms with Gasteiger partial charge in [-0.25, -0.2) is 0 Å². The summed E-state index contributed by atoms with van der Waals surface area (Å²) in [6, 6.07) is 6.90. The van der Waals surface area contributed by atoms with Gasteiger partial charge in [0.15, 0.2) is 0 Å². The van der Waals surface area contributed by atoms with Crippen LogP contribution in [-0.2, 0) is 0 Å². The number of aryl methyl sites for hydroxylation is 2. The highest BCUT2D eigenvalue weighted by molar-refractivity contribution is 5.19. The number of hydrogen-bond acceptors (Lipinski definition) is 0. The van der Waals surface area contributed by atoms with Gasteiger partial charge in [0.25, 0.3) is 0 Å². The fraction of sp³-hybridized carbons (Fsp3) is 0.250. The lowest BCUT2D eigenvalue weighted by atomic mass is 10.2. The standard InChI is InChI=1S/C8H10/c1-7-3-5-8(2)6-4-7/h3-6H,1-2H3/i1D3. The maximum Gasteiger partial charge on any atom is 0.0280 e. The second kappa shape index (κ2) is 1.99. The topological polar surface area (TPSA) is 0 Å². The molecule has 0 saturated heterocycles. The molecule has 0 bridgehead atoms. The van der Waals surface area contributed by atoms with Gasteiger partial charge in [0.05, 0.1) is 0 Å². The zero-order valence-electron chi connectivity index (χ0n) is 7.81. The molecular formula is C8H10. The first kappa shape index (κ1) is 2.67. The van der Waals surface area contributed by atoms with E-state index in [2.05, 4.69) is 0 Å². The third-order valence-corrected chi connectivity index (χ3v) is 1.05. The molecule has 1 rings (SSSR count). The smallest absolute Gasteiger partial charge is 0.0280 e. The molecule has 1 aromatic rings. The molecule has 0 amide bonds. The Morgan fingerprint density at radius 2 is 1.62 bits per heavy atom. The van der Waals surface area contributed by atoms with Crippen molar-refractivity contribution in [3.8, 4) is 0 Å². The molecule has 0 fully saturated rings. The average molecular weight is 109 g/mol. The fourth-order valence-corrected chi connectivity index (χ4v) is 0.554. The van der Waals surface area contributed by atoms with Crippen molar-refractivity contribution in [3.63, 3.8) is 0 Å². The Bertz CT molecular complexity index is 233. The molecule has 0 unspecified atom stereocenters. The Balaban J connectivity index is 2.99. The summed E-state index contributed by atoms with van der Waals surface area (Å²) in [5, 5.41) is 0. The molecule has 0 atom stereocenters. The highest BCUT2D eigenvalue weighted by Crippen LogP contribution is 1.99. The van der Waals surface area contributed by atoms with Gasteiger partial charge in [0, 0.05) is 4.11 Å². The summed E-state index contributed by atoms with van der Waals surface area (Å²) < 4.78 is 21.2. The number of hydrogen-bond donors (Lipinski definition) is 0. The summed E-state index contributed by atoms with van der Waals surface area (Å²) in [6.45, 7) is -0.0308. The van der Waals surface area contributed by atoms with Crippen LogP contribution in [0.3, 0.4) is 0 Å². The summed E-state index contributed by atoms with van der Waals surface area (Å²) in [4.78, 5) is 0. The van der Waals surface area contributed by atoms with Crippen LogP contribution in [0.4, 0.5) is 0 Å². The van der Waals surface area contributed by atoms with Gasteiger partial charge in [-0.1, -0.05) is 35.4 Å². The minimum Gasteiger partial charge on any atom is -0.0591 e. The van der Waals surface area contributed by atoms with E-state index in [4.69, 9.17) is 4.11 Å². The lowest BCUT2D eigenvalue weighted by Gasteiger charge is -1.90. The van der Waals surface area contributed by atoms with Crippen LogP contribution < -0.4 is 0 Å². The predicted molar refractivity (Wildman–Crippen MR) is 35.9 cm³/mol. The number of benzene rings is 1. The first-order valence-corrected chi connectivity index (χ1v) is 2.57. The molecule has 0 heteroatoms. The first-order valence-electron chi connectivity index (χ1n) is 4.07. The zero-order chi connectivity index (χ0) is 8.48. The minimum absolute atomic E-state index is 0.406. The maximum absolute atomic E-state index is 7.08. The SMILES string of the molecule is [2H]C([2H])([2H])c1ccc(C)cc1. The van der Waals surface area contributed by atoms with E-state index in [1.807, 2.05) is 19.1 Å². The van der Waals surface area contributed by atoms with Crippen LogP contribution >= 0.6 is 0 Å². The Hall–Kier alpha value is -0.780. The Labute approximate surface area is 54.4 Å². The molecule has 0 aromatic heterocycles. The van der Waals surface area contributed by atoms with E-state index in [9.17, 15) is 0 Å². The van der Waals surface area contributed by atoms with E-state index in [-0.39, 0.29) is 0 Å². The molecular weight excluding hydrogens is 96.1 g/mol. The van der Waals surface area contributed by atoms with E-state index in [1.54, 1.807) is 12.1 Å². The molecule has 0 N–H and O–H groups in total. The van der Waals surface area contributed by atoms with Crippen LogP contribution in [0.2, 0.25) is 0 Å². The molecule has 0 saturated carbocycles. The molecule has 0 aliphatic carbocycles. The van der Waals surface area contributed by atoms with Crippen molar-refractivity contribution in [1.82, 2.24) is 0 Å². The van der Waals surface area contributed by atoms with Gasteiger partial charge in [-0.15, -0.1) is 0 Å². The van der Waals surface area contributed by atoms with Gasteiger partial charge in [0.1, 0.15) is 0 Å². The largest absolute Gasteiger partial charge is 0.0591 e. The normalized spacial score (nSPS) is 16.4. The summed E-state index contributed by atoms with van der Waals surface area (Å²) in [7, 11) is 0. The van der Waals surface area contributed by atoms with Crippen molar-refractivity contribution >= 4 is 0 Å². The zero-order valence-corrected chi connectivity index (χ0v) is 4.81. The van der Waals surface area contributed by atoms with Gasteiger partial charge in [-0.2, -0.15) is 0 Å². The highest BCUT2D eigenvalue weighted by Gasteiger charge is 1.79. The van der Waals surface area contributed by atoms with E-state index in [0.717, 1.165) is 5.56 Å². The number of rotatable bonds is 0. The molecule has 42 valence electrons. The van der Waals surface area contributed by atoms with Crippen LogP contribution in [0.15, 0.2) is 24.3 Å². The van der Waals surface area contributed by atoms with Crippen LogP contribution in [0.5, 0.6) is 0 Å². The van der Waals surface area contributed by atoms with Gasteiger partial charge in [0.2, 0.25) is 0 Å². The van der Waals surface area contributed by atoms with Gasteiger partial charge in [-0.05, 0) is 13.8 Å². The molecule has 0 radical (unpaired) electrons. The van der Waals surface area contributed by atoms with Crippen LogP contribution in [0.25, 0.3) is 0 Å². The second-order valence-electron chi connectivity index (χ2n) is 1.87. The Kier molecular flexibility index (Phi) is 0.666. The van der Waals surface area contributed by atoms with Crippen molar-refractivity contribution in [2.45, 2.75) is 13.8 Å². The summed E-state index contributed by atoms with van der Waals surface area (Å²) in [6.07, 6.45) is 0. The van der Waals surface area contributed by atoms with Crippen LogP contribution in [-0.4, -0.2) is 0 Å². The van der Waals surface area contributed by atoms with Crippen LogP contribution in [0, 0.1) is 13.8 Å². The lowest BCUT2D eigenvalue weighted by Crippen LogP contribution is -1.70. The van der Waals surface area contributed by atoms with E-state index in [0.29, 0.717) is 5.56 Å². The van der Waals surface area contributed by atoms with Crippen molar-refractivity contribution in [2.75, 3.05) is 0 Å². The monoisotopic (exact) mass is 109 g/mol. The third-order valence-electron chi connectivity index (χ3n) is 1.05. The van der Waals surface area contributed by atoms with E-state index in [1.165, 1.54) is 0 Å². The molecule has 8 heavy (non-hydrogen) atoms. The molecule has 0 nitrogen and oxygen atoms in total. The summed E-state index contributed by atoms with van der Waals surface area (Å²) in [5.41, 5.74) is 1.49. The molecule has 0 spiro atoms. The molecule has 0 aliphatic heterocycles. The van der Waals surface area contributed by atoms with Crippen molar-refractivity contribution in [3.05, 3.63) is 35.4 Å². The van der Waals surface area contributed by atoms with Gasteiger partial charge >= 0.3 is 0 Å². The Morgan fingerprint density at radius 3 is 2.12 bits per heavy atom. The molecule has 1 aromatic carbocycles. The average Bonchev–Trinajstić information content (AvgIpc) is 1.86. The van der Waals surface area contributed by atoms with Gasteiger partial charge < -0.3 is 0 Å². The molecule has 0 aliphatic rings. The fourth-order valence-electron chi connectivity index (χ4n) is 0.554. The third kappa shape index (κ3) is 1.09. The predicted octanol–water partition coefficient (Wildman–Crippen LogP) is 2.30. The van der Waals surface area contributed by atoms with Crippen molar-refractivity contribution < 1.29 is 4.11 Å². The lowest BCUT2D eigenvalue weighted by molar-refractivity contribution is 1.40. The van der Waals surface area contributed by atoms with Crippen molar-refractivity contribution in [1.29, 1.82) is 0 Å². The Morgan fingerprint density at radius 1 is 1.12 bits per heavy atom. The molecule has 0 heterocycles. The van der Waals surface area contributed by atoms with E-state index < -0.39 is 6.85 Å². The highest BCUT2D eigenvalue weighted by atomic mass is 13.9. The maximum atomic E-state index is 7.08. The van der Waals surface area contributed by atoms with Gasteiger partial charge in [-0.3, -0.25) is 0 Å². The quantitative estimate of drug-likeness (QED) is 0.479. The van der Waals surface area contributed by atoms with Crippen LogP contribution in [0.1, 0.15) is 15.2 Å². The van der Waals surface area contributed by atoms with E-state index >= 15 is 0 Å². The summed E-state index contributed by atoms with van der Waals surface area (Å²) in [5.74, 6) is 0. The second-order valence-corrected chi connectivity index (χ2v) is 1.87. The van der Waals surface area contributed by atoms with Crippen molar-refractivity contribution in [2.24, 2.45) is 0 Å². The summed E-state index contributed by atoms with van der Waals surface area (Å²) >= 11 is 0. The minimum atomic E-state index is -1.96. The first-order chi connectivity index (χ1) is 5.00.